The van der Waals surface area contributed by atoms with Crippen LogP contribution in [0.25, 0.3) is 0 Å². The van der Waals surface area contributed by atoms with E-state index in [2.05, 4.69) is 14.6 Å². The van der Waals surface area contributed by atoms with Crippen LogP contribution in [0.1, 0.15) is 12.8 Å². The number of hydrogen-bond acceptors (Lipinski definition) is 5. The van der Waals surface area contributed by atoms with Gasteiger partial charge in [-0.2, -0.15) is 0 Å². The molecule has 1 fully saturated rings. The maximum Gasteiger partial charge on any atom is 0.250 e. The lowest BCUT2D eigenvalue weighted by Gasteiger charge is -2.32. The Bertz CT molecular complexity index is 679. The average molecular weight is 337 g/mol. The molecule has 118 valence electrons. The predicted octanol–water partition coefficient (Wildman–Crippen LogP) is 2.34. The molecular formula is C15H19N3O2S2. The van der Waals surface area contributed by atoms with Crippen molar-refractivity contribution in [2.24, 2.45) is 5.92 Å². The molecule has 7 heteroatoms. The van der Waals surface area contributed by atoms with E-state index >= 15 is 0 Å². The second kappa shape index (κ2) is 6.76. The number of nitrogens with zero attached hydrogens (tertiary/aromatic N) is 2. The van der Waals surface area contributed by atoms with Gasteiger partial charge in [0.25, 0.3) is 0 Å². The highest BCUT2D eigenvalue weighted by molar-refractivity contribution is 7.91. The third-order valence-corrected chi connectivity index (χ3v) is 6.73. The Morgan fingerprint density at radius 2 is 2.05 bits per heavy atom. The minimum absolute atomic E-state index is 0.384. The van der Waals surface area contributed by atoms with Gasteiger partial charge in [-0.3, -0.25) is 0 Å². The summed E-state index contributed by atoms with van der Waals surface area (Å²) in [6.45, 7) is 2.35. The third kappa shape index (κ3) is 3.66. The zero-order chi connectivity index (χ0) is 15.4. The van der Waals surface area contributed by atoms with E-state index in [0.29, 0.717) is 16.7 Å². The second-order valence-corrected chi connectivity index (χ2v) is 8.34. The Balaban J connectivity index is 1.50. The Labute approximate surface area is 135 Å². The van der Waals surface area contributed by atoms with E-state index in [1.54, 1.807) is 23.7 Å². The molecule has 1 aliphatic heterocycles. The summed E-state index contributed by atoms with van der Waals surface area (Å²) in [5.74, 6) is 1.38. The van der Waals surface area contributed by atoms with Crippen molar-refractivity contribution >= 4 is 27.2 Å². The van der Waals surface area contributed by atoms with E-state index in [9.17, 15) is 8.42 Å². The Kier molecular flexibility index (Phi) is 4.75. The quantitative estimate of drug-likeness (QED) is 0.910. The number of piperidine rings is 1. The highest BCUT2D eigenvalue weighted by atomic mass is 32.2. The standard InChI is InChI=1S/C15H19N3O2S2/c19-22(20,15-5-3-11-21-15)17-12-13-6-9-18(10-7-13)14-4-1-2-8-16-14/h1-5,8,11,13,17H,6-7,9-10,12H2. The molecule has 22 heavy (non-hydrogen) atoms. The van der Waals surface area contributed by atoms with Gasteiger partial charge in [0.2, 0.25) is 10.0 Å². The Hall–Kier alpha value is -1.44. The zero-order valence-corrected chi connectivity index (χ0v) is 13.8. The molecular weight excluding hydrogens is 318 g/mol. The molecule has 3 heterocycles. The van der Waals surface area contributed by atoms with Crippen LogP contribution in [0.4, 0.5) is 5.82 Å². The van der Waals surface area contributed by atoms with Crippen molar-refractivity contribution in [1.29, 1.82) is 0 Å². The lowest BCUT2D eigenvalue weighted by Crippen LogP contribution is -2.38. The normalized spacial score (nSPS) is 16.8. The van der Waals surface area contributed by atoms with E-state index in [1.165, 1.54) is 11.3 Å². The summed E-state index contributed by atoms with van der Waals surface area (Å²) < 4.78 is 27.3. The van der Waals surface area contributed by atoms with Gasteiger partial charge in [-0.05, 0) is 42.3 Å². The number of pyridine rings is 1. The first-order chi connectivity index (χ1) is 10.6. The van der Waals surface area contributed by atoms with Crippen LogP contribution in [0.5, 0.6) is 0 Å². The fraction of sp³-hybridized carbons (Fsp3) is 0.400. The van der Waals surface area contributed by atoms with Gasteiger partial charge in [-0.25, -0.2) is 18.1 Å². The van der Waals surface area contributed by atoms with Crippen LogP contribution in [0, 0.1) is 5.92 Å². The number of nitrogens with one attached hydrogen (secondary N) is 1. The monoisotopic (exact) mass is 337 g/mol. The van der Waals surface area contributed by atoms with Gasteiger partial charge in [0.05, 0.1) is 0 Å². The molecule has 3 rings (SSSR count). The van der Waals surface area contributed by atoms with Crippen LogP contribution >= 0.6 is 11.3 Å². The van der Waals surface area contributed by atoms with Crippen LogP contribution in [0.3, 0.4) is 0 Å². The molecule has 1 saturated heterocycles. The van der Waals surface area contributed by atoms with Crippen molar-refractivity contribution < 1.29 is 8.42 Å². The number of aromatic nitrogens is 1. The lowest BCUT2D eigenvalue weighted by atomic mass is 9.97. The average Bonchev–Trinajstić information content (AvgIpc) is 3.10. The Morgan fingerprint density at radius 1 is 1.23 bits per heavy atom. The molecule has 0 aliphatic carbocycles. The highest BCUT2D eigenvalue weighted by Crippen LogP contribution is 2.22. The third-order valence-electron chi connectivity index (χ3n) is 3.91. The van der Waals surface area contributed by atoms with Gasteiger partial charge in [0.1, 0.15) is 10.0 Å². The molecule has 0 bridgehead atoms. The maximum atomic E-state index is 12.1. The first-order valence-corrected chi connectivity index (χ1v) is 9.70. The first kappa shape index (κ1) is 15.5. The molecule has 0 amide bonds. The molecule has 0 unspecified atom stereocenters. The fourth-order valence-electron chi connectivity index (χ4n) is 2.62. The Morgan fingerprint density at radius 3 is 2.68 bits per heavy atom. The second-order valence-electron chi connectivity index (χ2n) is 5.40. The summed E-state index contributed by atoms with van der Waals surface area (Å²) in [6.07, 6.45) is 3.75. The molecule has 5 nitrogen and oxygen atoms in total. The minimum Gasteiger partial charge on any atom is -0.357 e. The molecule has 2 aromatic rings. The van der Waals surface area contributed by atoms with Crippen LogP contribution in [-0.2, 0) is 10.0 Å². The molecule has 0 spiro atoms. The fourth-order valence-corrected chi connectivity index (χ4v) is 4.78. The van der Waals surface area contributed by atoms with Crippen LogP contribution < -0.4 is 9.62 Å². The SMILES string of the molecule is O=S(=O)(NCC1CCN(c2ccccn2)CC1)c1cccs1. The summed E-state index contributed by atoms with van der Waals surface area (Å²) >= 11 is 1.25. The summed E-state index contributed by atoms with van der Waals surface area (Å²) in [5.41, 5.74) is 0. The van der Waals surface area contributed by atoms with E-state index < -0.39 is 10.0 Å². The van der Waals surface area contributed by atoms with Crippen molar-refractivity contribution in [2.75, 3.05) is 24.5 Å². The van der Waals surface area contributed by atoms with Gasteiger partial charge in [-0.15, -0.1) is 11.3 Å². The van der Waals surface area contributed by atoms with Gasteiger partial charge >= 0.3 is 0 Å². The van der Waals surface area contributed by atoms with Gasteiger partial charge in [-0.1, -0.05) is 12.1 Å². The van der Waals surface area contributed by atoms with Crippen molar-refractivity contribution in [2.45, 2.75) is 17.1 Å². The molecule has 0 radical (unpaired) electrons. The maximum absolute atomic E-state index is 12.1. The number of hydrogen-bond donors (Lipinski definition) is 1. The first-order valence-electron chi connectivity index (χ1n) is 7.34. The van der Waals surface area contributed by atoms with Gasteiger partial charge < -0.3 is 4.90 Å². The number of sulfonamides is 1. The summed E-state index contributed by atoms with van der Waals surface area (Å²) in [5, 5.41) is 1.78. The molecule has 2 aromatic heterocycles. The number of thiophene rings is 1. The summed E-state index contributed by atoms with van der Waals surface area (Å²) in [4.78, 5) is 6.62. The molecule has 0 aromatic carbocycles. The van der Waals surface area contributed by atoms with Crippen LogP contribution in [0.15, 0.2) is 46.1 Å². The molecule has 0 atom stereocenters. The van der Waals surface area contributed by atoms with Gasteiger partial charge in [0, 0.05) is 25.8 Å². The predicted molar refractivity (Wildman–Crippen MR) is 88.7 cm³/mol. The minimum atomic E-state index is -3.34. The molecule has 1 aliphatic rings. The van der Waals surface area contributed by atoms with E-state index in [4.69, 9.17) is 0 Å². The molecule has 0 saturated carbocycles. The van der Waals surface area contributed by atoms with Crippen LogP contribution in [0.2, 0.25) is 0 Å². The largest absolute Gasteiger partial charge is 0.357 e. The van der Waals surface area contributed by atoms with Crippen molar-refractivity contribution in [3.63, 3.8) is 0 Å². The lowest BCUT2D eigenvalue weighted by molar-refractivity contribution is 0.401. The van der Waals surface area contributed by atoms with Crippen molar-refractivity contribution in [3.8, 4) is 0 Å². The summed E-state index contributed by atoms with van der Waals surface area (Å²) in [7, 11) is -3.34. The molecule has 1 N–H and O–H groups in total. The van der Waals surface area contributed by atoms with Crippen molar-refractivity contribution in [3.05, 3.63) is 41.9 Å². The highest BCUT2D eigenvalue weighted by Gasteiger charge is 2.22. The summed E-state index contributed by atoms with van der Waals surface area (Å²) in [6, 6.07) is 9.31. The topological polar surface area (TPSA) is 62.3 Å². The zero-order valence-electron chi connectivity index (χ0n) is 12.2. The van der Waals surface area contributed by atoms with E-state index in [1.807, 2.05) is 18.2 Å². The van der Waals surface area contributed by atoms with Gasteiger partial charge in [0.15, 0.2) is 0 Å². The van der Waals surface area contributed by atoms with Crippen LogP contribution in [-0.4, -0.2) is 33.0 Å². The van der Waals surface area contributed by atoms with E-state index in [-0.39, 0.29) is 0 Å². The number of rotatable bonds is 5. The number of anilines is 1. The smallest absolute Gasteiger partial charge is 0.250 e. The van der Waals surface area contributed by atoms with E-state index in [0.717, 1.165) is 31.7 Å². The van der Waals surface area contributed by atoms with Crippen molar-refractivity contribution in [1.82, 2.24) is 9.71 Å².